The van der Waals surface area contributed by atoms with Gasteiger partial charge in [0.15, 0.2) is 0 Å². The van der Waals surface area contributed by atoms with Crippen molar-refractivity contribution >= 4 is 21.6 Å². The van der Waals surface area contributed by atoms with Gasteiger partial charge >= 0.3 is 0 Å². The molecule has 2 rings (SSSR count). The topological polar surface area (TPSA) is 3.24 Å². The molecule has 16 heavy (non-hydrogen) atoms. The molecular formula is C13H17BrFN. The Hall–Kier alpha value is -0.570. The summed E-state index contributed by atoms with van der Waals surface area (Å²) in [5, 5.41) is 0.713. The highest BCUT2D eigenvalue weighted by Crippen LogP contribution is 2.28. The Morgan fingerprint density at radius 3 is 3.00 bits per heavy atom. The van der Waals surface area contributed by atoms with Gasteiger partial charge in [0.1, 0.15) is 5.82 Å². The van der Waals surface area contributed by atoms with Crippen LogP contribution in [0.25, 0.3) is 0 Å². The van der Waals surface area contributed by atoms with E-state index < -0.39 is 0 Å². The van der Waals surface area contributed by atoms with Crippen LogP contribution in [0.15, 0.2) is 18.2 Å². The van der Waals surface area contributed by atoms with E-state index in [4.69, 9.17) is 0 Å². The Bertz CT molecular complexity index is 367. The molecule has 1 heterocycles. The van der Waals surface area contributed by atoms with E-state index in [0.29, 0.717) is 5.33 Å². The number of nitrogens with zero attached hydrogens (tertiary/aromatic N) is 1. The minimum Gasteiger partial charge on any atom is -0.371 e. The third-order valence-corrected chi connectivity index (χ3v) is 3.79. The number of hydrogen-bond donors (Lipinski definition) is 0. The Kier molecular flexibility index (Phi) is 3.85. The van der Waals surface area contributed by atoms with E-state index in [2.05, 4.69) is 27.8 Å². The summed E-state index contributed by atoms with van der Waals surface area (Å²) >= 11 is 3.43. The fourth-order valence-corrected chi connectivity index (χ4v) is 2.83. The van der Waals surface area contributed by atoms with Crippen molar-refractivity contribution in [2.24, 2.45) is 5.92 Å². The highest BCUT2D eigenvalue weighted by Gasteiger charge is 2.18. The van der Waals surface area contributed by atoms with Crippen LogP contribution < -0.4 is 4.90 Å². The van der Waals surface area contributed by atoms with Gasteiger partial charge in [-0.2, -0.15) is 0 Å². The Morgan fingerprint density at radius 2 is 2.31 bits per heavy atom. The quantitative estimate of drug-likeness (QED) is 0.744. The lowest BCUT2D eigenvalue weighted by atomic mass is 9.99. The summed E-state index contributed by atoms with van der Waals surface area (Å²) in [6, 6.07) is 5.09. The minimum absolute atomic E-state index is 0.150. The van der Waals surface area contributed by atoms with Gasteiger partial charge in [0.25, 0.3) is 0 Å². The lowest BCUT2D eigenvalue weighted by Gasteiger charge is -2.34. The van der Waals surface area contributed by atoms with Gasteiger partial charge in [0.05, 0.1) is 0 Å². The summed E-state index contributed by atoms with van der Waals surface area (Å²) in [4.78, 5) is 2.38. The van der Waals surface area contributed by atoms with Gasteiger partial charge < -0.3 is 4.90 Å². The van der Waals surface area contributed by atoms with E-state index in [9.17, 15) is 4.39 Å². The van der Waals surface area contributed by atoms with E-state index in [-0.39, 0.29) is 5.82 Å². The maximum atomic E-state index is 13.1. The largest absolute Gasteiger partial charge is 0.371 e. The first-order chi connectivity index (χ1) is 7.70. The molecule has 1 fully saturated rings. The molecule has 0 amide bonds. The number of alkyl halides is 1. The first-order valence-electron chi connectivity index (χ1n) is 5.80. The second-order valence-corrected chi connectivity index (χ2v) is 5.16. The molecular weight excluding hydrogens is 269 g/mol. The van der Waals surface area contributed by atoms with Crippen molar-refractivity contribution in [3.05, 3.63) is 29.6 Å². The molecule has 0 saturated carbocycles. The van der Waals surface area contributed by atoms with Gasteiger partial charge in [-0.1, -0.05) is 22.9 Å². The molecule has 0 aliphatic carbocycles. The summed E-state index contributed by atoms with van der Waals surface area (Å²) in [5.74, 6) is 0.588. The molecule has 1 aromatic rings. The fourth-order valence-electron chi connectivity index (χ4n) is 2.38. The van der Waals surface area contributed by atoms with Crippen LogP contribution in [0.3, 0.4) is 0 Å². The van der Waals surface area contributed by atoms with Gasteiger partial charge in [-0.15, -0.1) is 0 Å². The molecule has 1 saturated heterocycles. The Balaban J connectivity index is 2.24. The predicted molar refractivity (Wildman–Crippen MR) is 69.6 cm³/mol. The van der Waals surface area contributed by atoms with Gasteiger partial charge in [-0.05, 0) is 42.5 Å². The molecule has 1 aromatic carbocycles. The van der Waals surface area contributed by atoms with Crippen molar-refractivity contribution in [2.45, 2.75) is 25.1 Å². The summed E-state index contributed by atoms with van der Waals surface area (Å²) < 4.78 is 13.1. The van der Waals surface area contributed by atoms with Crippen molar-refractivity contribution in [3.8, 4) is 0 Å². The molecule has 88 valence electrons. The molecule has 3 heteroatoms. The summed E-state index contributed by atoms with van der Waals surface area (Å²) in [7, 11) is 0. The zero-order chi connectivity index (χ0) is 11.5. The van der Waals surface area contributed by atoms with E-state index in [1.807, 2.05) is 6.07 Å². The predicted octanol–water partition coefficient (Wildman–Crippen LogP) is 3.96. The highest BCUT2D eigenvalue weighted by molar-refractivity contribution is 9.08. The van der Waals surface area contributed by atoms with Crippen molar-refractivity contribution in [2.75, 3.05) is 18.0 Å². The van der Waals surface area contributed by atoms with Crippen molar-refractivity contribution in [3.63, 3.8) is 0 Å². The molecule has 1 atom stereocenters. The molecule has 1 aliphatic heterocycles. The van der Waals surface area contributed by atoms with E-state index in [1.165, 1.54) is 18.5 Å². The number of benzene rings is 1. The molecule has 1 aliphatic rings. The standard InChI is InChI=1S/C13H17BrFN/c1-10-3-2-6-16(9-10)13-5-4-12(15)7-11(13)8-14/h4-5,7,10H,2-3,6,8-9H2,1H3. The normalized spacial score (nSPS) is 21.2. The van der Waals surface area contributed by atoms with Gasteiger partial charge in [0.2, 0.25) is 0 Å². The molecule has 0 aromatic heterocycles. The maximum absolute atomic E-state index is 13.1. The summed E-state index contributed by atoms with van der Waals surface area (Å²) in [6.45, 7) is 4.46. The van der Waals surface area contributed by atoms with Crippen LogP contribution in [-0.4, -0.2) is 13.1 Å². The third-order valence-electron chi connectivity index (χ3n) is 3.18. The van der Waals surface area contributed by atoms with Crippen LogP contribution >= 0.6 is 15.9 Å². The average Bonchev–Trinajstić information content (AvgIpc) is 2.28. The Labute approximate surface area is 105 Å². The first kappa shape index (κ1) is 11.9. The molecule has 0 radical (unpaired) electrons. The number of piperidine rings is 1. The lowest BCUT2D eigenvalue weighted by molar-refractivity contribution is 0.446. The SMILES string of the molecule is CC1CCCN(c2ccc(F)cc2CBr)C1. The number of hydrogen-bond acceptors (Lipinski definition) is 1. The van der Waals surface area contributed by atoms with E-state index in [1.54, 1.807) is 12.1 Å². The monoisotopic (exact) mass is 285 g/mol. The van der Waals surface area contributed by atoms with Gasteiger partial charge in [-0.25, -0.2) is 4.39 Å². The maximum Gasteiger partial charge on any atom is 0.123 e. The van der Waals surface area contributed by atoms with Crippen LogP contribution in [0.5, 0.6) is 0 Å². The number of rotatable bonds is 2. The number of anilines is 1. The van der Waals surface area contributed by atoms with Crippen LogP contribution in [-0.2, 0) is 5.33 Å². The molecule has 1 unspecified atom stereocenters. The van der Waals surface area contributed by atoms with Crippen LogP contribution in [0.4, 0.5) is 10.1 Å². The van der Waals surface area contributed by atoms with Crippen molar-refractivity contribution in [1.29, 1.82) is 0 Å². The van der Waals surface area contributed by atoms with E-state index in [0.717, 1.165) is 24.6 Å². The van der Waals surface area contributed by atoms with Crippen LogP contribution in [0.1, 0.15) is 25.3 Å². The summed E-state index contributed by atoms with van der Waals surface area (Å²) in [6.07, 6.45) is 2.54. The zero-order valence-corrected chi connectivity index (χ0v) is 11.1. The molecule has 1 nitrogen and oxygen atoms in total. The molecule has 0 bridgehead atoms. The smallest absolute Gasteiger partial charge is 0.123 e. The average molecular weight is 286 g/mol. The fraction of sp³-hybridized carbons (Fsp3) is 0.538. The first-order valence-corrected chi connectivity index (χ1v) is 6.92. The second-order valence-electron chi connectivity index (χ2n) is 4.60. The van der Waals surface area contributed by atoms with Gasteiger partial charge in [-0.3, -0.25) is 0 Å². The highest BCUT2D eigenvalue weighted by atomic mass is 79.9. The Morgan fingerprint density at radius 1 is 1.50 bits per heavy atom. The van der Waals surface area contributed by atoms with Crippen LogP contribution in [0.2, 0.25) is 0 Å². The molecule has 0 N–H and O–H groups in total. The molecule has 0 spiro atoms. The zero-order valence-electron chi connectivity index (χ0n) is 9.55. The van der Waals surface area contributed by atoms with E-state index >= 15 is 0 Å². The third kappa shape index (κ3) is 2.57. The minimum atomic E-state index is -0.150. The summed E-state index contributed by atoms with van der Waals surface area (Å²) in [5.41, 5.74) is 2.24. The van der Waals surface area contributed by atoms with Crippen molar-refractivity contribution < 1.29 is 4.39 Å². The number of halogens is 2. The second kappa shape index (κ2) is 5.17. The van der Waals surface area contributed by atoms with Gasteiger partial charge in [0, 0.05) is 24.1 Å². The lowest BCUT2D eigenvalue weighted by Crippen LogP contribution is -2.34. The van der Waals surface area contributed by atoms with Crippen molar-refractivity contribution in [1.82, 2.24) is 0 Å². The van der Waals surface area contributed by atoms with Crippen LogP contribution in [0, 0.1) is 11.7 Å².